The Hall–Kier alpha value is -2.63. The van der Waals surface area contributed by atoms with Crippen molar-refractivity contribution in [3.05, 3.63) is 51.1 Å². The van der Waals surface area contributed by atoms with E-state index in [1.165, 1.54) is 16.6 Å². The third-order valence-electron chi connectivity index (χ3n) is 6.09. The second-order valence-corrected chi connectivity index (χ2v) is 10.6. The number of amides is 1. The van der Waals surface area contributed by atoms with Crippen LogP contribution in [0.4, 0.5) is 0 Å². The number of carbonyl (C=O) groups excluding carboxylic acids is 1. The van der Waals surface area contributed by atoms with Crippen LogP contribution in [0.5, 0.6) is 0 Å². The molecule has 0 radical (unpaired) electrons. The smallest absolute Gasteiger partial charge is 0.267 e. The van der Waals surface area contributed by atoms with E-state index in [9.17, 15) is 14.9 Å². The third-order valence-corrected chi connectivity index (χ3v) is 8.22. The van der Waals surface area contributed by atoms with Gasteiger partial charge in [0.05, 0.1) is 22.9 Å². The van der Waals surface area contributed by atoms with Crippen LogP contribution in [0.25, 0.3) is 15.9 Å². The molecule has 32 heavy (non-hydrogen) atoms. The zero-order chi connectivity index (χ0) is 22.9. The molecule has 1 atom stereocenters. The summed E-state index contributed by atoms with van der Waals surface area (Å²) in [5, 5.41) is 13.5. The summed E-state index contributed by atoms with van der Waals surface area (Å²) in [6.45, 7) is 5.52. The number of hydrogen-bond acceptors (Lipinski definition) is 6. The number of carbonyl (C=O) groups is 1. The average Bonchev–Trinajstić information content (AvgIpc) is 3.16. The van der Waals surface area contributed by atoms with Crippen LogP contribution in [0.2, 0.25) is 0 Å². The van der Waals surface area contributed by atoms with E-state index in [0.29, 0.717) is 5.16 Å². The molecule has 1 unspecified atom stereocenters. The molecule has 1 aliphatic carbocycles. The Kier molecular flexibility index (Phi) is 6.40. The molecule has 0 bridgehead atoms. The molecule has 0 saturated carbocycles. The molecule has 166 valence electrons. The predicted octanol–water partition coefficient (Wildman–Crippen LogP) is 4.47. The molecule has 0 fully saturated rings. The van der Waals surface area contributed by atoms with E-state index in [0.717, 1.165) is 47.2 Å². The summed E-state index contributed by atoms with van der Waals surface area (Å²) in [6, 6.07) is 11.6. The van der Waals surface area contributed by atoms with Crippen molar-refractivity contribution >= 4 is 39.2 Å². The van der Waals surface area contributed by atoms with Gasteiger partial charge in [0, 0.05) is 4.88 Å². The number of benzene rings is 1. The monoisotopic (exact) mass is 466 g/mol. The van der Waals surface area contributed by atoms with Crippen molar-refractivity contribution < 1.29 is 4.79 Å². The van der Waals surface area contributed by atoms with Crippen LogP contribution in [-0.4, -0.2) is 26.8 Å². The van der Waals surface area contributed by atoms with Crippen molar-refractivity contribution in [3.8, 4) is 11.8 Å². The van der Waals surface area contributed by atoms with Crippen molar-refractivity contribution in [1.82, 2.24) is 14.9 Å². The van der Waals surface area contributed by atoms with Crippen molar-refractivity contribution in [1.29, 1.82) is 5.26 Å². The molecule has 1 amide bonds. The van der Waals surface area contributed by atoms with E-state index in [1.807, 2.05) is 44.2 Å². The first-order valence-corrected chi connectivity index (χ1v) is 12.6. The Morgan fingerprint density at radius 3 is 2.72 bits per heavy atom. The molecule has 1 N–H and O–H groups in total. The van der Waals surface area contributed by atoms with Gasteiger partial charge in [-0.3, -0.25) is 14.2 Å². The van der Waals surface area contributed by atoms with Crippen LogP contribution in [0, 0.1) is 17.2 Å². The Balaban J connectivity index is 1.73. The molecule has 8 heteroatoms. The normalized spacial score (nSPS) is 15.2. The van der Waals surface area contributed by atoms with Gasteiger partial charge in [-0.15, -0.1) is 11.3 Å². The van der Waals surface area contributed by atoms with Gasteiger partial charge < -0.3 is 5.32 Å². The SMILES string of the molecule is CC(C)C(C)(C#N)NC(=O)CSc1nc2sc3c(c2c(=O)n1-c1ccccc1)CCCC3. The largest absolute Gasteiger partial charge is 0.337 e. The summed E-state index contributed by atoms with van der Waals surface area (Å²) in [6.07, 6.45) is 4.14. The lowest BCUT2D eigenvalue weighted by Crippen LogP contribution is -2.49. The van der Waals surface area contributed by atoms with Gasteiger partial charge in [-0.25, -0.2) is 4.98 Å². The highest BCUT2D eigenvalue weighted by atomic mass is 32.2. The van der Waals surface area contributed by atoms with Crippen LogP contribution in [-0.2, 0) is 17.6 Å². The van der Waals surface area contributed by atoms with Gasteiger partial charge in [-0.1, -0.05) is 43.8 Å². The molecule has 0 spiro atoms. The second kappa shape index (κ2) is 9.08. The predicted molar refractivity (Wildman–Crippen MR) is 130 cm³/mol. The van der Waals surface area contributed by atoms with Crippen molar-refractivity contribution in [2.45, 2.75) is 57.1 Å². The number of aromatic nitrogens is 2. The number of nitrogens with zero attached hydrogens (tertiary/aromatic N) is 3. The lowest BCUT2D eigenvalue weighted by Gasteiger charge is -2.27. The van der Waals surface area contributed by atoms with E-state index in [4.69, 9.17) is 4.98 Å². The highest BCUT2D eigenvalue weighted by Crippen LogP contribution is 2.35. The first kappa shape index (κ1) is 22.6. The molecule has 2 aromatic heterocycles. The van der Waals surface area contributed by atoms with E-state index in [2.05, 4.69) is 11.4 Å². The quantitative estimate of drug-likeness (QED) is 0.428. The standard InChI is InChI=1S/C24H26N4O2S2/c1-15(2)24(3,14-25)27-19(29)13-31-23-26-21-20(17-11-7-8-12-18(17)32-21)22(30)28(23)16-9-5-4-6-10-16/h4-6,9-10,15H,7-8,11-13H2,1-3H3,(H,27,29). The Labute approximate surface area is 195 Å². The van der Waals surface area contributed by atoms with Crippen LogP contribution in [0.1, 0.15) is 44.1 Å². The molecule has 1 aromatic carbocycles. The minimum absolute atomic E-state index is 0.0316. The minimum atomic E-state index is -0.944. The van der Waals surface area contributed by atoms with Crippen molar-refractivity contribution in [2.75, 3.05) is 5.75 Å². The van der Waals surface area contributed by atoms with Gasteiger partial charge in [0.2, 0.25) is 5.91 Å². The molecule has 2 heterocycles. The zero-order valence-corrected chi connectivity index (χ0v) is 20.1. The van der Waals surface area contributed by atoms with E-state index < -0.39 is 5.54 Å². The zero-order valence-electron chi connectivity index (χ0n) is 18.5. The Bertz CT molecular complexity index is 1260. The summed E-state index contributed by atoms with van der Waals surface area (Å²) >= 11 is 2.83. The molecular formula is C24H26N4O2S2. The van der Waals surface area contributed by atoms with E-state index >= 15 is 0 Å². The second-order valence-electron chi connectivity index (χ2n) is 8.57. The first-order chi connectivity index (χ1) is 15.3. The number of aryl methyl sites for hydroxylation is 2. The van der Waals surface area contributed by atoms with Crippen LogP contribution in [0.15, 0.2) is 40.3 Å². The summed E-state index contributed by atoms with van der Waals surface area (Å²) in [5.74, 6) is -0.220. The van der Waals surface area contributed by atoms with Crippen LogP contribution < -0.4 is 10.9 Å². The van der Waals surface area contributed by atoms with Gasteiger partial charge in [-0.2, -0.15) is 5.26 Å². The molecule has 4 rings (SSSR count). The highest BCUT2D eigenvalue weighted by molar-refractivity contribution is 7.99. The third kappa shape index (κ3) is 4.19. The fourth-order valence-corrected chi connectivity index (χ4v) is 5.96. The number of thiophene rings is 1. The highest BCUT2D eigenvalue weighted by Gasteiger charge is 2.30. The van der Waals surface area contributed by atoms with Gasteiger partial charge in [0.15, 0.2) is 5.16 Å². The van der Waals surface area contributed by atoms with Gasteiger partial charge in [-0.05, 0) is 56.2 Å². The van der Waals surface area contributed by atoms with Crippen LogP contribution >= 0.6 is 23.1 Å². The molecule has 3 aromatic rings. The molecule has 6 nitrogen and oxygen atoms in total. The number of thioether (sulfide) groups is 1. The Morgan fingerprint density at radius 2 is 2.03 bits per heavy atom. The van der Waals surface area contributed by atoms with E-state index in [1.54, 1.807) is 22.8 Å². The maximum absolute atomic E-state index is 13.7. The van der Waals surface area contributed by atoms with Crippen molar-refractivity contribution in [3.63, 3.8) is 0 Å². The molecular weight excluding hydrogens is 440 g/mol. The lowest BCUT2D eigenvalue weighted by molar-refractivity contribution is -0.120. The maximum atomic E-state index is 13.7. The summed E-state index contributed by atoms with van der Waals surface area (Å²) in [4.78, 5) is 33.2. The topological polar surface area (TPSA) is 87.8 Å². The first-order valence-electron chi connectivity index (χ1n) is 10.8. The number of nitrogens with one attached hydrogen (secondary N) is 1. The number of nitriles is 1. The summed E-state index contributed by atoms with van der Waals surface area (Å²) in [7, 11) is 0. The Morgan fingerprint density at radius 1 is 1.31 bits per heavy atom. The number of hydrogen-bond donors (Lipinski definition) is 1. The molecule has 0 saturated heterocycles. The van der Waals surface area contributed by atoms with Crippen LogP contribution in [0.3, 0.4) is 0 Å². The minimum Gasteiger partial charge on any atom is -0.337 e. The lowest BCUT2D eigenvalue weighted by atomic mass is 9.90. The molecule has 1 aliphatic rings. The number of fused-ring (bicyclic) bond motifs is 3. The van der Waals surface area contributed by atoms with Gasteiger partial charge >= 0.3 is 0 Å². The fourth-order valence-electron chi connectivity index (χ4n) is 3.85. The summed E-state index contributed by atoms with van der Waals surface area (Å²) < 4.78 is 1.62. The maximum Gasteiger partial charge on any atom is 0.267 e. The van der Waals surface area contributed by atoms with Gasteiger partial charge in [0.1, 0.15) is 10.4 Å². The average molecular weight is 467 g/mol. The number of para-hydroxylation sites is 1. The van der Waals surface area contributed by atoms with Crippen molar-refractivity contribution in [2.24, 2.45) is 5.92 Å². The van der Waals surface area contributed by atoms with E-state index in [-0.39, 0.29) is 23.1 Å². The number of rotatable bonds is 6. The fraction of sp³-hybridized carbons (Fsp3) is 0.417. The van der Waals surface area contributed by atoms with Gasteiger partial charge in [0.25, 0.3) is 5.56 Å². The molecule has 0 aliphatic heterocycles. The summed E-state index contributed by atoms with van der Waals surface area (Å²) in [5.41, 5.74) is 0.859.